The van der Waals surface area contributed by atoms with Gasteiger partial charge in [0.25, 0.3) is 5.91 Å². The highest BCUT2D eigenvalue weighted by Crippen LogP contribution is 2.08. The van der Waals surface area contributed by atoms with Gasteiger partial charge in [-0.1, -0.05) is 5.16 Å². The number of terminal acetylenes is 1. The summed E-state index contributed by atoms with van der Waals surface area (Å²) < 4.78 is 4.83. The van der Waals surface area contributed by atoms with Gasteiger partial charge in [-0.05, 0) is 19.8 Å². The zero-order chi connectivity index (χ0) is 9.84. The predicted octanol–water partition coefficient (Wildman–Crippen LogP) is 0.188. The second-order valence-corrected chi connectivity index (χ2v) is 2.52. The van der Waals surface area contributed by atoms with Crippen molar-refractivity contribution in [3.63, 3.8) is 0 Å². The Kier molecular flexibility index (Phi) is 2.65. The van der Waals surface area contributed by atoms with Gasteiger partial charge in [-0.3, -0.25) is 4.79 Å². The summed E-state index contributed by atoms with van der Waals surface area (Å²) in [6.07, 6.45) is 4.87. The van der Waals surface area contributed by atoms with Crippen LogP contribution in [0.15, 0.2) is 4.52 Å². The van der Waals surface area contributed by atoms with E-state index in [1.54, 1.807) is 13.8 Å². The van der Waals surface area contributed by atoms with Crippen LogP contribution in [0, 0.1) is 19.3 Å². The fourth-order valence-corrected chi connectivity index (χ4v) is 0.789. The minimum Gasteiger partial charge on any atom is -0.337 e. The van der Waals surface area contributed by atoms with Crippen molar-refractivity contribution >= 4 is 5.91 Å². The van der Waals surface area contributed by atoms with Gasteiger partial charge in [-0.2, -0.15) is 4.98 Å². The molecule has 1 unspecified atom stereocenters. The summed E-state index contributed by atoms with van der Waals surface area (Å²) in [7, 11) is 0. The van der Waals surface area contributed by atoms with E-state index in [1.165, 1.54) is 0 Å². The standard InChI is InChI=1S/C8H9N3O2/c1-4-7(12)9-5(2)8-10-6(3)11-13-8/h1,5H,2-3H3,(H,9,12). The molecule has 0 saturated carbocycles. The number of carbonyl (C=O) groups is 1. The molecule has 0 aliphatic heterocycles. The molecule has 1 rings (SSSR count). The van der Waals surface area contributed by atoms with Crippen molar-refractivity contribution in [2.45, 2.75) is 19.9 Å². The van der Waals surface area contributed by atoms with Gasteiger partial charge in [0.1, 0.15) is 6.04 Å². The SMILES string of the molecule is C#CC(=O)NC(C)c1nc(C)no1. The van der Waals surface area contributed by atoms with E-state index in [0.29, 0.717) is 11.7 Å². The summed E-state index contributed by atoms with van der Waals surface area (Å²) in [6.45, 7) is 3.41. The number of amides is 1. The molecule has 1 aromatic rings. The lowest BCUT2D eigenvalue weighted by molar-refractivity contribution is -0.116. The molecule has 0 aromatic carbocycles. The third kappa shape index (κ3) is 2.30. The molecule has 1 amide bonds. The monoisotopic (exact) mass is 179 g/mol. The minimum atomic E-state index is -0.497. The molecule has 5 nitrogen and oxygen atoms in total. The lowest BCUT2D eigenvalue weighted by Gasteiger charge is -2.04. The lowest BCUT2D eigenvalue weighted by atomic mass is 10.3. The Balaban J connectivity index is 2.64. The molecular weight excluding hydrogens is 170 g/mol. The first-order valence-electron chi connectivity index (χ1n) is 3.71. The van der Waals surface area contributed by atoms with Gasteiger partial charge in [0.2, 0.25) is 5.89 Å². The van der Waals surface area contributed by atoms with E-state index < -0.39 is 5.91 Å². The molecule has 0 aliphatic rings. The molecule has 0 fully saturated rings. The molecule has 68 valence electrons. The van der Waals surface area contributed by atoms with Crippen LogP contribution >= 0.6 is 0 Å². The van der Waals surface area contributed by atoms with Crippen LogP contribution in [0.4, 0.5) is 0 Å². The summed E-state index contributed by atoms with van der Waals surface area (Å²) in [4.78, 5) is 14.7. The van der Waals surface area contributed by atoms with Gasteiger partial charge in [0.15, 0.2) is 5.82 Å². The van der Waals surface area contributed by atoms with Crippen LogP contribution in [0.3, 0.4) is 0 Å². The third-order valence-electron chi connectivity index (χ3n) is 1.39. The molecule has 0 bridgehead atoms. The Hall–Kier alpha value is -1.83. The Morgan fingerprint density at radius 1 is 1.77 bits per heavy atom. The van der Waals surface area contributed by atoms with E-state index in [0.717, 1.165) is 0 Å². The van der Waals surface area contributed by atoms with E-state index in [2.05, 4.69) is 15.5 Å². The van der Waals surface area contributed by atoms with Crippen LogP contribution < -0.4 is 5.32 Å². The molecule has 13 heavy (non-hydrogen) atoms. The zero-order valence-electron chi connectivity index (χ0n) is 7.37. The number of hydrogen-bond donors (Lipinski definition) is 1. The maximum Gasteiger partial charge on any atom is 0.296 e. The summed E-state index contributed by atoms with van der Waals surface area (Å²) in [5.74, 6) is 2.31. The number of rotatable bonds is 2. The van der Waals surface area contributed by atoms with Crippen LogP contribution in [0.1, 0.15) is 24.7 Å². The number of carbonyl (C=O) groups excluding carboxylic acids is 1. The predicted molar refractivity (Wildman–Crippen MR) is 44.4 cm³/mol. The number of nitrogens with zero attached hydrogens (tertiary/aromatic N) is 2. The number of aryl methyl sites for hydroxylation is 1. The van der Waals surface area contributed by atoms with Gasteiger partial charge in [0, 0.05) is 0 Å². The second-order valence-electron chi connectivity index (χ2n) is 2.52. The smallest absolute Gasteiger partial charge is 0.296 e. The van der Waals surface area contributed by atoms with Crippen LogP contribution in [0.25, 0.3) is 0 Å². The van der Waals surface area contributed by atoms with Crippen LogP contribution in [-0.2, 0) is 4.79 Å². The summed E-state index contributed by atoms with van der Waals surface area (Å²) in [5.41, 5.74) is 0. The topological polar surface area (TPSA) is 68.0 Å². The first-order valence-corrected chi connectivity index (χ1v) is 3.71. The Labute approximate surface area is 75.5 Å². The van der Waals surface area contributed by atoms with Crippen LogP contribution in [0.2, 0.25) is 0 Å². The molecule has 0 saturated heterocycles. The fourth-order valence-electron chi connectivity index (χ4n) is 0.789. The molecule has 0 spiro atoms. The van der Waals surface area contributed by atoms with Gasteiger partial charge in [-0.25, -0.2) is 0 Å². The average Bonchev–Trinajstić information content (AvgIpc) is 2.51. The lowest BCUT2D eigenvalue weighted by Crippen LogP contribution is -2.25. The number of hydrogen-bond acceptors (Lipinski definition) is 4. The van der Waals surface area contributed by atoms with Crippen molar-refractivity contribution in [1.29, 1.82) is 0 Å². The molecular formula is C8H9N3O2. The van der Waals surface area contributed by atoms with Crippen molar-refractivity contribution in [1.82, 2.24) is 15.5 Å². The highest BCUT2D eigenvalue weighted by Gasteiger charge is 2.13. The number of aromatic nitrogens is 2. The average molecular weight is 179 g/mol. The third-order valence-corrected chi connectivity index (χ3v) is 1.39. The van der Waals surface area contributed by atoms with E-state index in [4.69, 9.17) is 10.9 Å². The minimum absolute atomic E-state index is 0.348. The first-order chi connectivity index (χ1) is 6.13. The summed E-state index contributed by atoms with van der Waals surface area (Å²) in [6, 6.07) is -0.357. The zero-order valence-corrected chi connectivity index (χ0v) is 7.37. The summed E-state index contributed by atoms with van der Waals surface area (Å²) in [5, 5.41) is 6.07. The second kappa shape index (κ2) is 3.72. The molecule has 1 heterocycles. The summed E-state index contributed by atoms with van der Waals surface area (Å²) >= 11 is 0. The van der Waals surface area contributed by atoms with Gasteiger partial charge >= 0.3 is 0 Å². The molecule has 0 aliphatic carbocycles. The Morgan fingerprint density at radius 2 is 2.46 bits per heavy atom. The normalized spacial score (nSPS) is 11.8. The van der Waals surface area contributed by atoms with Gasteiger partial charge in [0.05, 0.1) is 0 Å². The largest absolute Gasteiger partial charge is 0.337 e. The van der Waals surface area contributed by atoms with Crippen molar-refractivity contribution in [2.75, 3.05) is 0 Å². The van der Waals surface area contributed by atoms with Crippen molar-refractivity contribution < 1.29 is 9.32 Å². The van der Waals surface area contributed by atoms with Crippen molar-refractivity contribution in [2.24, 2.45) is 0 Å². The molecule has 0 radical (unpaired) electrons. The van der Waals surface area contributed by atoms with Gasteiger partial charge < -0.3 is 9.84 Å². The maximum absolute atomic E-state index is 10.8. The highest BCUT2D eigenvalue weighted by molar-refractivity contribution is 5.92. The molecule has 1 atom stereocenters. The highest BCUT2D eigenvalue weighted by atomic mass is 16.5. The van der Waals surface area contributed by atoms with Gasteiger partial charge in [-0.15, -0.1) is 6.42 Å². The van der Waals surface area contributed by atoms with Crippen LogP contribution in [-0.4, -0.2) is 16.0 Å². The van der Waals surface area contributed by atoms with E-state index in [-0.39, 0.29) is 6.04 Å². The van der Waals surface area contributed by atoms with E-state index >= 15 is 0 Å². The maximum atomic E-state index is 10.8. The van der Waals surface area contributed by atoms with E-state index in [9.17, 15) is 4.79 Å². The van der Waals surface area contributed by atoms with Crippen LogP contribution in [0.5, 0.6) is 0 Å². The molecule has 1 N–H and O–H groups in total. The molecule has 1 aromatic heterocycles. The number of nitrogens with one attached hydrogen (secondary N) is 1. The van der Waals surface area contributed by atoms with Crippen molar-refractivity contribution in [3.8, 4) is 12.3 Å². The quantitative estimate of drug-likeness (QED) is 0.658. The first kappa shape index (κ1) is 9.26. The molecule has 5 heteroatoms. The van der Waals surface area contributed by atoms with E-state index in [1.807, 2.05) is 5.92 Å². The fraction of sp³-hybridized carbons (Fsp3) is 0.375. The Morgan fingerprint density at radius 3 is 2.92 bits per heavy atom. The Bertz CT molecular complexity index is 351. The van der Waals surface area contributed by atoms with Crippen molar-refractivity contribution in [3.05, 3.63) is 11.7 Å².